The summed E-state index contributed by atoms with van der Waals surface area (Å²) in [7, 11) is 0. The van der Waals surface area contributed by atoms with Gasteiger partial charge in [-0.05, 0) is 47.9 Å². The molecule has 0 spiro atoms. The number of aliphatic hydroxyl groups is 1. The second-order valence-corrected chi connectivity index (χ2v) is 6.91. The first-order chi connectivity index (χ1) is 10.9. The van der Waals surface area contributed by atoms with Crippen molar-refractivity contribution >= 4 is 6.08 Å². The van der Waals surface area contributed by atoms with Crippen LogP contribution in [0.5, 0.6) is 0 Å². The highest BCUT2D eigenvalue weighted by atomic mass is 19.1. The molecule has 2 aromatic rings. The van der Waals surface area contributed by atoms with Crippen molar-refractivity contribution in [1.82, 2.24) is 14.8 Å². The van der Waals surface area contributed by atoms with E-state index in [4.69, 9.17) is 0 Å². The lowest BCUT2D eigenvalue weighted by atomic mass is 9.62. The average molecular weight is 315 g/mol. The Morgan fingerprint density at radius 2 is 2.04 bits per heavy atom. The Hall–Kier alpha value is -2.01. The molecule has 1 aromatic carbocycles. The van der Waals surface area contributed by atoms with E-state index in [9.17, 15) is 9.50 Å². The summed E-state index contributed by atoms with van der Waals surface area (Å²) in [4.78, 5) is 3.96. The van der Waals surface area contributed by atoms with E-state index in [0.29, 0.717) is 6.54 Å². The third-order valence-electron chi connectivity index (χ3n) is 4.97. The molecule has 1 atom stereocenters. The maximum atomic E-state index is 13.1. The lowest BCUT2D eigenvalue weighted by Crippen LogP contribution is -2.52. The summed E-state index contributed by atoms with van der Waals surface area (Å²) < 4.78 is 14.8. The van der Waals surface area contributed by atoms with Crippen LogP contribution in [0.4, 0.5) is 4.39 Å². The zero-order valence-corrected chi connectivity index (χ0v) is 13.5. The predicted octanol–water partition coefficient (Wildman–Crippen LogP) is 3.44. The average Bonchev–Trinajstić information content (AvgIpc) is 2.99. The van der Waals surface area contributed by atoms with Crippen molar-refractivity contribution in [2.45, 2.75) is 45.3 Å². The van der Waals surface area contributed by atoms with Crippen molar-refractivity contribution in [3.8, 4) is 0 Å². The van der Waals surface area contributed by atoms with Gasteiger partial charge in [-0.3, -0.25) is 0 Å². The van der Waals surface area contributed by atoms with Gasteiger partial charge in [-0.1, -0.05) is 32.1 Å². The van der Waals surface area contributed by atoms with Gasteiger partial charge < -0.3 is 5.11 Å². The first-order valence-electron chi connectivity index (χ1n) is 7.92. The van der Waals surface area contributed by atoms with E-state index >= 15 is 0 Å². The van der Waals surface area contributed by atoms with Crippen LogP contribution in [0.15, 0.2) is 42.5 Å². The summed E-state index contributed by atoms with van der Waals surface area (Å²) in [6.07, 6.45) is 7.88. The molecule has 4 nitrogen and oxygen atoms in total. The summed E-state index contributed by atoms with van der Waals surface area (Å²) in [5.74, 6) is -0.256. The van der Waals surface area contributed by atoms with Crippen LogP contribution in [-0.4, -0.2) is 25.5 Å². The van der Waals surface area contributed by atoms with Gasteiger partial charge in [0.05, 0.1) is 6.54 Å². The van der Waals surface area contributed by atoms with Crippen LogP contribution in [0, 0.1) is 11.2 Å². The molecule has 1 aromatic heterocycles. The van der Waals surface area contributed by atoms with Crippen LogP contribution >= 0.6 is 0 Å². The van der Waals surface area contributed by atoms with Gasteiger partial charge in [0.1, 0.15) is 24.1 Å². The van der Waals surface area contributed by atoms with Crippen molar-refractivity contribution in [3.63, 3.8) is 0 Å². The van der Waals surface area contributed by atoms with E-state index in [1.807, 2.05) is 6.08 Å². The Morgan fingerprint density at radius 3 is 2.70 bits per heavy atom. The van der Waals surface area contributed by atoms with Crippen molar-refractivity contribution < 1.29 is 9.50 Å². The summed E-state index contributed by atoms with van der Waals surface area (Å²) >= 11 is 0. The molecule has 1 aliphatic carbocycles. The van der Waals surface area contributed by atoms with E-state index in [2.05, 4.69) is 23.9 Å². The minimum Gasteiger partial charge on any atom is -0.383 e. The Balaban J connectivity index is 2.00. The van der Waals surface area contributed by atoms with Crippen LogP contribution in [0.2, 0.25) is 0 Å². The van der Waals surface area contributed by atoms with Crippen LogP contribution in [0.1, 0.15) is 38.7 Å². The Kier molecular flexibility index (Phi) is 4.06. The molecule has 0 bridgehead atoms. The van der Waals surface area contributed by atoms with Gasteiger partial charge in [-0.2, -0.15) is 5.10 Å². The van der Waals surface area contributed by atoms with Crippen LogP contribution < -0.4 is 0 Å². The maximum absolute atomic E-state index is 13.1. The molecule has 0 amide bonds. The number of nitrogens with zero attached hydrogens (tertiary/aromatic N) is 3. The normalized spacial score (nSPS) is 25.7. The molecule has 1 fully saturated rings. The van der Waals surface area contributed by atoms with Crippen molar-refractivity contribution in [1.29, 1.82) is 0 Å². The number of halogens is 1. The van der Waals surface area contributed by atoms with E-state index in [0.717, 1.165) is 30.4 Å². The fourth-order valence-electron chi connectivity index (χ4n) is 3.39. The Morgan fingerprint density at radius 1 is 1.30 bits per heavy atom. The van der Waals surface area contributed by atoms with Gasteiger partial charge in [0, 0.05) is 0 Å². The Bertz CT molecular complexity index is 692. The number of aromatic nitrogens is 3. The first-order valence-corrected chi connectivity index (χ1v) is 7.92. The molecule has 1 unspecified atom stereocenters. The highest BCUT2D eigenvalue weighted by molar-refractivity contribution is 5.56. The van der Waals surface area contributed by atoms with Crippen molar-refractivity contribution in [2.75, 3.05) is 0 Å². The monoisotopic (exact) mass is 315 g/mol. The molecular weight excluding hydrogens is 293 g/mol. The highest BCUT2D eigenvalue weighted by Crippen LogP contribution is 2.48. The van der Waals surface area contributed by atoms with E-state index in [1.54, 1.807) is 23.1 Å². The second kappa shape index (κ2) is 5.89. The van der Waals surface area contributed by atoms with Crippen molar-refractivity contribution in [2.24, 2.45) is 5.41 Å². The smallest absolute Gasteiger partial charge is 0.137 e. The molecule has 1 aliphatic rings. The quantitative estimate of drug-likeness (QED) is 0.944. The molecule has 0 aliphatic heterocycles. The fourth-order valence-corrected chi connectivity index (χ4v) is 3.39. The highest BCUT2D eigenvalue weighted by Gasteiger charge is 2.48. The van der Waals surface area contributed by atoms with Crippen LogP contribution in [-0.2, 0) is 6.54 Å². The zero-order valence-electron chi connectivity index (χ0n) is 13.5. The lowest BCUT2D eigenvalue weighted by Gasteiger charge is -2.48. The van der Waals surface area contributed by atoms with E-state index < -0.39 is 5.60 Å². The minimum absolute atomic E-state index is 0.256. The molecule has 1 N–H and O–H groups in total. The molecule has 1 saturated carbocycles. The van der Waals surface area contributed by atoms with Gasteiger partial charge in [0.2, 0.25) is 0 Å². The fraction of sp³-hybridized carbons (Fsp3) is 0.444. The maximum Gasteiger partial charge on any atom is 0.137 e. The number of rotatable bonds is 3. The van der Waals surface area contributed by atoms with Crippen LogP contribution in [0.3, 0.4) is 0 Å². The third-order valence-corrected chi connectivity index (χ3v) is 4.97. The lowest BCUT2D eigenvalue weighted by molar-refractivity contribution is -0.0692. The predicted molar refractivity (Wildman–Crippen MR) is 87.0 cm³/mol. The topological polar surface area (TPSA) is 50.9 Å². The zero-order chi connectivity index (χ0) is 16.5. The van der Waals surface area contributed by atoms with Gasteiger partial charge in [-0.25, -0.2) is 14.1 Å². The van der Waals surface area contributed by atoms with Crippen LogP contribution in [0.25, 0.3) is 6.08 Å². The number of hydrogen-bond acceptors (Lipinski definition) is 3. The van der Waals surface area contributed by atoms with Gasteiger partial charge >= 0.3 is 0 Å². The largest absolute Gasteiger partial charge is 0.383 e. The number of benzene rings is 1. The molecule has 0 radical (unpaired) electrons. The molecule has 5 heteroatoms. The molecule has 0 saturated heterocycles. The van der Waals surface area contributed by atoms with E-state index in [-0.39, 0.29) is 11.2 Å². The van der Waals surface area contributed by atoms with Gasteiger partial charge in [0.15, 0.2) is 0 Å². The third kappa shape index (κ3) is 3.06. The molecule has 3 rings (SSSR count). The summed E-state index contributed by atoms with van der Waals surface area (Å²) in [6.45, 7) is 4.54. The summed E-state index contributed by atoms with van der Waals surface area (Å²) in [5.41, 5.74) is 0.586. The second-order valence-electron chi connectivity index (χ2n) is 6.91. The van der Waals surface area contributed by atoms with Gasteiger partial charge in [-0.15, -0.1) is 0 Å². The number of hydrogen-bond donors (Lipinski definition) is 1. The molecule has 23 heavy (non-hydrogen) atoms. The van der Waals surface area contributed by atoms with E-state index in [1.165, 1.54) is 18.5 Å². The summed E-state index contributed by atoms with van der Waals surface area (Å²) in [6, 6.07) is 6.35. The SMILES string of the molecule is CC1(C)CCC/C(=C\c2ccc(F)cc2)C1(O)Cn1cncn1. The first kappa shape index (κ1) is 15.9. The standard InChI is InChI=1S/C18H22FN3O/c1-17(2)9-3-4-15(10-14-5-7-16(19)8-6-14)18(17,23)11-22-13-20-12-21-22/h5-8,10,12-13,23H,3-4,9,11H2,1-2H3/b15-10+. The van der Waals surface area contributed by atoms with Crippen molar-refractivity contribution in [3.05, 3.63) is 53.9 Å². The Labute approximate surface area is 135 Å². The van der Waals surface area contributed by atoms with Gasteiger partial charge in [0.25, 0.3) is 0 Å². The minimum atomic E-state index is -1.01. The molecule has 1 heterocycles. The molecule has 122 valence electrons. The molecular formula is C18H22FN3O. The summed E-state index contributed by atoms with van der Waals surface area (Å²) in [5, 5.41) is 15.7.